The first-order valence-corrected chi connectivity index (χ1v) is 10.9. The van der Waals surface area contributed by atoms with E-state index >= 15 is 0 Å². The Kier molecular flexibility index (Phi) is 7.83. The van der Waals surface area contributed by atoms with Gasteiger partial charge in [0.25, 0.3) is 5.91 Å². The molecule has 6 heteroatoms. The highest BCUT2D eigenvalue weighted by Gasteiger charge is 2.28. The van der Waals surface area contributed by atoms with E-state index in [0.717, 1.165) is 57.4 Å². The van der Waals surface area contributed by atoms with Crippen molar-refractivity contribution in [1.29, 1.82) is 0 Å². The van der Waals surface area contributed by atoms with Crippen LogP contribution in [-0.4, -0.2) is 59.4 Å². The van der Waals surface area contributed by atoms with Crippen molar-refractivity contribution in [3.8, 4) is 0 Å². The Balaban J connectivity index is 1.56. The fourth-order valence-corrected chi connectivity index (χ4v) is 4.16. The number of aryl methyl sites for hydroxylation is 1. The number of likely N-dealkylation sites (N-methyl/N-ethyl adjacent to an activating group) is 1. The summed E-state index contributed by atoms with van der Waals surface area (Å²) in [6, 6.07) is 10.7. The minimum absolute atomic E-state index is 0.0541. The highest BCUT2D eigenvalue weighted by molar-refractivity contribution is 5.94. The summed E-state index contributed by atoms with van der Waals surface area (Å²) >= 11 is 0. The van der Waals surface area contributed by atoms with Gasteiger partial charge >= 0.3 is 0 Å². The van der Waals surface area contributed by atoms with E-state index < -0.39 is 0 Å². The van der Waals surface area contributed by atoms with Crippen molar-refractivity contribution >= 4 is 5.91 Å². The normalized spacial score (nSPS) is 16.1. The average Bonchev–Trinajstić information content (AvgIpc) is 3.08. The summed E-state index contributed by atoms with van der Waals surface area (Å²) in [6.07, 6.45) is 3.78. The second kappa shape index (κ2) is 10.6. The van der Waals surface area contributed by atoms with Gasteiger partial charge in [0.2, 0.25) is 0 Å². The molecular weight excluding hydrogens is 362 g/mol. The molecule has 0 radical (unpaired) electrons. The van der Waals surface area contributed by atoms with Crippen LogP contribution in [0.3, 0.4) is 0 Å². The van der Waals surface area contributed by atoms with Gasteiger partial charge < -0.3 is 15.5 Å². The fourth-order valence-electron chi connectivity index (χ4n) is 4.16. The molecule has 1 aromatic carbocycles. The minimum atomic E-state index is -0.0541. The third kappa shape index (κ3) is 5.67. The van der Waals surface area contributed by atoms with Gasteiger partial charge in [0.05, 0.1) is 0 Å². The molecule has 1 aliphatic carbocycles. The van der Waals surface area contributed by atoms with E-state index in [1.54, 1.807) is 0 Å². The first-order valence-electron chi connectivity index (χ1n) is 10.9. The van der Waals surface area contributed by atoms with Gasteiger partial charge in [-0.3, -0.25) is 9.48 Å². The zero-order valence-corrected chi connectivity index (χ0v) is 18.1. The maximum absolute atomic E-state index is 12.8. The van der Waals surface area contributed by atoms with Crippen molar-refractivity contribution in [3.63, 3.8) is 0 Å². The summed E-state index contributed by atoms with van der Waals surface area (Å²) in [7, 11) is 1.95. The summed E-state index contributed by atoms with van der Waals surface area (Å²) in [5.41, 5.74) is 4.16. The van der Waals surface area contributed by atoms with Gasteiger partial charge in [-0.05, 0) is 44.3 Å². The van der Waals surface area contributed by atoms with Crippen LogP contribution in [0.15, 0.2) is 30.3 Å². The number of carbonyl (C=O) groups is 1. The lowest BCUT2D eigenvalue weighted by molar-refractivity contribution is 0.0947. The van der Waals surface area contributed by atoms with Crippen LogP contribution in [0.5, 0.6) is 0 Å². The second-order valence-electron chi connectivity index (χ2n) is 7.81. The molecular formula is C23H35N5O. The lowest BCUT2D eigenvalue weighted by atomic mass is 9.91. The Labute approximate surface area is 174 Å². The Morgan fingerprint density at radius 3 is 2.69 bits per heavy atom. The molecule has 2 aromatic rings. The van der Waals surface area contributed by atoms with E-state index in [-0.39, 0.29) is 5.91 Å². The zero-order valence-electron chi connectivity index (χ0n) is 18.1. The second-order valence-corrected chi connectivity index (χ2v) is 7.81. The molecule has 2 N–H and O–H groups in total. The molecule has 1 aromatic heterocycles. The molecule has 0 unspecified atom stereocenters. The van der Waals surface area contributed by atoms with Crippen LogP contribution in [0.25, 0.3) is 0 Å². The molecule has 0 bridgehead atoms. The van der Waals surface area contributed by atoms with Gasteiger partial charge in [0, 0.05) is 44.0 Å². The highest BCUT2D eigenvalue weighted by atomic mass is 16.1. The number of benzene rings is 1. The number of hydrogen-bond acceptors (Lipinski definition) is 4. The summed E-state index contributed by atoms with van der Waals surface area (Å²) in [5, 5.41) is 11.3. The summed E-state index contributed by atoms with van der Waals surface area (Å²) < 4.78 is 1.90. The van der Waals surface area contributed by atoms with Crippen LogP contribution >= 0.6 is 0 Å². The summed E-state index contributed by atoms with van der Waals surface area (Å²) in [4.78, 5) is 15.2. The molecule has 158 valence electrons. The van der Waals surface area contributed by atoms with E-state index in [0.29, 0.717) is 18.3 Å². The maximum Gasteiger partial charge on any atom is 0.272 e. The van der Waals surface area contributed by atoms with E-state index in [1.165, 1.54) is 11.3 Å². The van der Waals surface area contributed by atoms with Crippen LogP contribution in [-0.2, 0) is 26.3 Å². The average molecular weight is 398 g/mol. The third-order valence-corrected chi connectivity index (χ3v) is 5.97. The topological polar surface area (TPSA) is 62.2 Å². The smallest absolute Gasteiger partial charge is 0.272 e. The Morgan fingerprint density at radius 1 is 1.21 bits per heavy atom. The predicted octanol–water partition coefficient (Wildman–Crippen LogP) is 2.18. The molecule has 0 saturated carbocycles. The van der Waals surface area contributed by atoms with Crippen LogP contribution in [0, 0.1) is 0 Å². The predicted molar refractivity (Wildman–Crippen MR) is 117 cm³/mol. The first-order chi connectivity index (χ1) is 14.1. The summed E-state index contributed by atoms with van der Waals surface area (Å²) in [5.74, 6) is -0.0541. The van der Waals surface area contributed by atoms with Crippen molar-refractivity contribution < 1.29 is 4.79 Å². The van der Waals surface area contributed by atoms with Gasteiger partial charge in [0.15, 0.2) is 5.69 Å². The van der Waals surface area contributed by atoms with Crippen LogP contribution in [0.4, 0.5) is 0 Å². The van der Waals surface area contributed by atoms with E-state index in [2.05, 4.69) is 46.6 Å². The van der Waals surface area contributed by atoms with Gasteiger partial charge in [-0.2, -0.15) is 5.10 Å². The molecule has 0 aliphatic heterocycles. The number of aromatic nitrogens is 2. The fraction of sp³-hybridized carbons (Fsp3) is 0.565. The number of nitrogens with one attached hydrogen (secondary N) is 2. The molecule has 1 aliphatic rings. The monoisotopic (exact) mass is 397 g/mol. The van der Waals surface area contributed by atoms with Gasteiger partial charge in [0.1, 0.15) is 0 Å². The third-order valence-electron chi connectivity index (χ3n) is 5.97. The minimum Gasteiger partial charge on any atom is -0.350 e. The Bertz CT molecular complexity index is 782. The van der Waals surface area contributed by atoms with Crippen molar-refractivity contribution in [2.45, 2.75) is 45.6 Å². The lowest BCUT2D eigenvalue weighted by Crippen LogP contribution is -2.40. The maximum atomic E-state index is 12.8. The summed E-state index contributed by atoms with van der Waals surface area (Å²) in [6.45, 7) is 9.26. The number of fused-ring (bicyclic) bond motifs is 1. The van der Waals surface area contributed by atoms with Crippen LogP contribution in [0.2, 0.25) is 0 Å². The number of amides is 1. The molecule has 1 atom stereocenters. The molecule has 0 fully saturated rings. The highest BCUT2D eigenvalue weighted by Crippen LogP contribution is 2.24. The van der Waals surface area contributed by atoms with Crippen molar-refractivity contribution in [3.05, 3.63) is 52.8 Å². The van der Waals surface area contributed by atoms with Crippen molar-refractivity contribution in [2.24, 2.45) is 7.05 Å². The number of carbonyl (C=O) groups excluding carboxylic acids is 1. The molecule has 3 rings (SSSR count). The van der Waals surface area contributed by atoms with Gasteiger partial charge in [-0.15, -0.1) is 0 Å². The molecule has 1 amide bonds. The number of nitrogens with zero attached hydrogens (tertiary/aromatic N) is 3. The zero-order chi connectivity index (χ0) is 20.6. The molecule has 29 heavy (non-hydrogen) atoms. The van der Waals surface area contributed by atoms with Crippen molar-refractivity contribution in [1.82, 2.24) is 25.3 Å². The molecule has 0 saturated heterocycles. The molecule has 0 spiro atoms. The Hall–Kier alpha value is -2.18. The lowest BCUT2D eigenvalue weighted by Gasteiger charge is -2.26. The van der Waals surface area contributed by atoms with Crippen LogP contribution in [0.1, 0.15) is 47.6 Å². The quantitative estimate of drug-likeness (QED) is 0.645. The van der Waals surface area contributed by atoms with E-state index in [1.807, 2.05) is 29.9 Å². The van der Waals surface area contributed by atoms with Gasteiger partial charge in [-0.25, -0.2) is 0 Å². The van der Waals surface area contributed by atoms with Crippen molar-refractivity contribution in [2.75, 3.05) is 32.7 Å². The number of rotatable bonds is 10. The Morgan fingerprint density at radius 2 is 1.97 bits per heavy atom. The largest absolute Gasteiger partial charge is 0.350 e. The standard InChI is InChI=1S/C23H35N5O/c1-4-28(5-2)16-15-24-19-11-12-21-20(17-19)22(26-27(21)3)23(29)25-14-13-18-9-7-6-8-10-18/h6-10,19,24H,4-5,11-17H2,1-3H3,(H,25,29)/t19-/m0/s1. The molecule has 6 nitrogen and oxygen atoms in total. The first kappa shape index (κ1) is 21.5. The van der Waals surface area contributed by atoms with E-state index in [4.69, 9.17) is 0 Å². The number of hydrogen-bond donors (Lipinski definition) is 2. The van der Waals surface area contributed by atoms with E-state index in [9.17, 15) is 4.79 Å². The van der Waals surface area contributed by atoms with Crippen LogP contribution < -0.4 is 10.6 Å². The van der Waals surface area contributed by atoms with Gasteiger partial charge in [-0.1, -0.05) is 44.2 Å². The molecule has 1 heterocycles. The SMILES string of the molecule is CCN(CC)CCN[C@H]1CCc2c(c(C(=O)NCCc3ccccc3)nn2C)C1.